The van der Waals surface area contributed by atoms with Crippen molar-refractivity contribution < 1.29 is 49.3 Å². The standard InChI is InChI=1S/C69H113NO10/c1-4-7-10-13-16-19-22-25-27-29-30-31-32-33-34-35-37-39-42-45-48-51-54-57-64(74)80-67-66(76)65(75)63(58-71)79-69(67)78-59-60(61(72)55-52-49-46-43-40-24-21-18-15-12-9-6-3)70-68(77)62(73)56-53-50-47-44-41-38-36-28-26-23-20-17-14-11-8-5-2/h7,10,16-17,19-20,25-28,30-31,33-34,37-39,41,47,50,52,55,60-63,65-67,69,71-73,75-76H,4-6,8-9,11-15,18,21-24,29,32,35-36,40,42-46,48-49,51,53-54,56-59H2,1-3H3,(H,70,77)/b10-7-,19-16-,20-17-,27-25-,28-26-,31-30-,34-33-,39-37-,41-38-,50-47-,55-52+. The average molecular weight is 1120 g/mol. The van der Waals surface area contributed by atoms with Gasteiger partial charge in [0.15, 0.2) is 12.4 Å². The van der Waals surface area contributed by atoms with Crippen LogP contribution in [0.1, 0.15) is 226 Å². The van der Waals surface area contributed by atoms with E-state index in [0.717, 1.165) is 116 Å². The number of hydrogen-bond donors (Lipinski definition) is 6. The van der Waals surface area contributed by atoms with Crippen molar-refractivity contribution in [2.24, 2.45) is 0 Å². The number of amides is 1. The Morgan fingerprint density at radius 1 is 0.500 bits per heavy atom. The van der Waals surface area contributed by atoms with Gasteiger partial charge in [-0.05, 0) is 116 Å². The minimum absolute atomic E-state index is 0.0789. The predicted molar refractivity (Wildman–Crippen MR) is 333 cm³/mol. The van der Waals surface area contributed by atoms with Crippen LogP contribution in [0.5, 0.6) is 0 Å². The number of aliphatic hydroxyl groups is 5. The summed E-state index contributed by atoms with van der Waals surface area (Å²) < 4.78 is 17.6. The Morgan fingerprint density at radius 3 is 1.38 bits per heavy atom. The third-order valence-corrected chi connectivity index (χ3v) is 13.8. The summed E-state index contributed by atoms with van der Waals surface area (Å²) >= 11 is 0. The molecule has 1 fully saturated rings. The van der Waals surface area contributed by atoms with E-state index < -0.39 is 67.4 Å². The van der Waals surface area contributed by atoms with Crippen LogP contribution in [-0.2, 0) is 23.8 Å². The molecule has 1 rings (SSSR count). The van der Waals surface area contributed by atoms with Crippen molar-refractivity contribution in [2.75, 3.05) is 13.2 Å². The summed E-state index contributed by atoms with van der Waals surface area (Å²) in [4.78, 5) is 26.5. The van der Waals surface area contributed by atoms with Crippen LogP contribution in [-0.4, -0.2) is 99.6 Å². The number of aliphatic hydroxyl groups excluding tert-OH is 5. The van der Waals surface area contributed by atoms with Crippen LogP contribution in [0.2, 0.25) is 0 Å². The number of rotatable bonds is 51. The van der Waals surface area contributed by atoms with Crippen LogP contribution >= 0.6 is 0 Å². The molecule has 8 atom stereocenters. The molecule has 0 aromatic carbocycles. The van der Waals surface area contributed by atoms with Crippen molar-refractivity contribution in [1.29, 1.82) is 0 Å². The molecule has 0 aromatic rings. The number of nitrogens with one attached hydrogen (secondary N) is 1. The molecule has 0 aliphatic carbocycles. The number of hydrogen-bond acceptors (Lipinski definition) is 10. The third kappa shape index (κ3) is 42.6. The molecule has 6 N–H and O–H groups in total. The number of allylic oxidation sites excluding steroid dienone is 21. The number of carbonyl (C=O) groups is 2. The van der Waals surface area contributed by atoms with E-state index in [0.29, 0.717) is 12.8 Å². The predicted octanol–water partition coefficient (Wildman–Crippen LogP) is 15.2. The van der Waals surface area contributed by atoms with Gasteiger partial charge in [-0.2, -0.15) is 0 Å². The van der Waals surface area contributed by atoms with E-state index in [1.165, 1.54) is 64.2 Å². The number of esters is 1. The molecule has 1 heterocycles. The highest BCUT2D eigenvalue weighted by molar-refractivity contribution is 5.80. The van der Waals surface area contributed by atoms with Crippen molar-refractivity contribution in [3.05, 3.63) is 134 Å². The number of carbonyl (C=O) groups excluding carboxylic acids is 2. The lowest BCUT2D eigenvalue weighted by molar-refractivity contribution is -0.305. The summed E-state index contributed by atoms with van der Waals surface area (Å²) in [6, 6.07) is -1.07. The summed E-state index contributed by atoms with van der Waals surface area (Å²) in [5.41, 5.74) is 0. The van der Waals surface area contributed by atoms with E-state index in [4.69, 9.17) is 14.2 Å². The van der Waals surface area contributed by atoms with Crippen molar-refractivity contribution >= 4 is 11.9 Å². The summed E-state index contributed by atoms with van der Waals surface area (Å²) in [6.45, 7) is 5.58. The minimum atomic E-state index is -1.64. The Balaban J connectivity index is 2.72. The summed E-state index contributed by atoms with van der Waals surface area (Å²) in [6.07, 6.45) is 67.8. The number of ether oxygens (including phenoxy) is 3. The molecule has 0 aromatic heterocycles. The highest BCUT2D eigenvalue weighted by atomic mass is 16.7. The van der Waals surface area contributed by atoms with Crippen LogP contribution in [0.3, 0.4) is 0 Å². The van der Waals surface area contributed by atoms with Gasteiger partial charge in [0, 0.05) is 6.42 Å². The lowest BCUT2D eigenvalue weighted by Gasteiger charge is -2.41. The van der Waals surface area contributed by atoms with E-state index in [9.17, 15) is 35.1 Å². The molecule has 1 amide bonds. The molecular formula is C69H113NO10. The topological polar surface area (TPSA) is 175 Å². The van der Waals surface area contributed by atoms with Gasteiger partial charge >= 0.3 is 5.97 Å². The summed E-state index contributed by atoms with van der Waals surface area (Å²) in [5.74, 6) is -1.29. The maximum Gasteiger partial charge on any atom is 0.306 e. The molecule has 0 spiro atoms. The van der Waals surface area contributed by atoms with Gasteiger partial charge in [0.25, 0.3) is 0 Å². The van der Waals surface area contributed by atoms with Gasteiger partial charge in [0.2, 0.25) is 5.91 Å². The molecule has 80 heavy (non-hydrogen) atoms. The van der Waals surface area contributed by atoms with E-state index >= 15 is 0 Å². The molecule has 11 nitrogen and oxygen atoms in total. The van der Waals surface area contributed by atoms with E-state index in [2.05, 4.69) is 135 Å². The molecule has 1 saturated heterocycles. The highest BCUT2D eigenvalue weighted by Gasteiger charge is 2.47. The Hall–Kier alpha value is -4.20. The first-order valence-corrected chi connectivity index (χ1v) is 31.5. The van der Waals surface area contributed by atoms with Crippen molar-refractivity contribution in [2.45, 2.75) is 275 Å². The van der Waals surface area contributed by atoms with E-state index in [1.54, 1.807) is 6.08 Å². The average Bonchev–Trinajstić information content (AvgIpc) is 3.48. The Kier molecular flexibility index (Phi) is 51.1. The Labute approximate surface area is 486 Å². The van der Waals surface area contributed by atoms with Crippen molar-refractivity contribution in [1.82, 2.24) is 5.32 Å². The van der Waals surface area contributed by atoms with Gasteiger partial charge in [0.05, 0.1) is 25.4 Å². The second-order valence-corrected chi connectivity index (χ2v) is 21.0. The summed E-state index contributed by atoms with van der Waals surface area (Å²) in [5, 5.41) is 56.9. The second-order valence-electron chi connectivity index (χ2n) is 21.0. The molecule has 1 aliphatic rings. The fourth-order valence-corrected chi connectivity index (χ4v) is 8.82. The lowest BCUT2D eigenvalue weighted by Crippen LogP contribution is -2.61. The maximum atomic E-state index is 13.4. The van der Waals surface area contributed by atoms with Crippen LogP contribution in [0.4, 0.5) is 0 Å². The minimum Gasteiger partial charge on any atom is -0.454 e. The van der Waals surface area contributed by atoms with Gasteiger partial charge in [-0.15, -0.1) is 0 Å². The quantitative estimate of drug-likeness (QED) is 0.0195. The van der Waals surface area contributed by atoms with Crippen molar-refractivity contribution in [3.63, 3.8) is 0 Å². The largest absolute Gasteiger partial charge is 0.454 e. The van der Waals surface area contributed by atoms with Crippen LogP contribution in [0.25, 0.3) is 0 Å². The molecule has 8 unspecified atom stereocenters. The van der Waals surface area contributed by atoms with Gasteiger partial charge < -0.3 is 45.1 Å². The molecule has 0 radical (unpaired) electrons. The zero-order valence-corrected chi connectivity index (χ0v) is 50.1. The first-order chi connectivity index (χ1) is 39.2. The molecule has 0 bridgehead atoms. The zero-order chi connectivity index (χ0) is 58.2. The highest BCUT2D eigenvalue weighted by Crippen LogP contribution is 2.26. The smallest absolute Gasteiger partial charge is 0.306 e. The Bertz CT molecular complexity index is 1810. The van der Waals surface area contributed by atoms with Crippen LogP contribution < -0.4 is 5.32 Å². The fraction of sp³-hybridized carbons (Fsp3) is 0.652. The number of unbranched alkanes of at least 4 members (excludes halogenated alkanes) is 17. The second kappa shape index (κ2) is 55.3. The first kappa shape index (κ1) is 73.8. The van der Waals surface area contributed by atoms with E-state index in [1.807, 2.05) is 18.2 Å². The van der Waals surface area contributed by atoms with Gasteiger partial charge in [-0.1, -0.05) is 238 Å². The van der Waals surface area contributed by atoms with Gasteiger partial charge in [-0.3, -0.25) is 9.59 Å². The van der Waals surface area contributed by atoms with Gasteiger partial charge in [-0.25, -0.2) is 0 Å². The molecule has 11 heteroatoms. The zero-order valence-electron chi connectivity index (χ0n) is 50.1. The van der Waals surface area contributed by atoms with Gasteiger partial charge in [0.1, 0.15) is 24.4 Å². The first-order valence-electron chi connectivity index (χ1n) is 31.5. The third-order valence-electron chi connectivity index (χ3n) is 13.8. The molecule has 1 aliphatic heterocycles. The molecular weight excluding hydrogens is 1000 g/mol. The molecule has 454 valence electrons. The van der Waals surface area contributed by atoms with Crippen LogP contribution in [0, 0.1) is 0 Å². The lowest BCUT2D eigenvalue weighted by atomic mass is 9.99. The fourth-order valence-electron chi connectivity index (χ4n) is 8.82. The SMILES string of the molecule is CC/C=C\C/C=C\C/C=C\C/C=C\C/C=C\C/C=C\CCCCCCC(=O)OC1C(OCC(NC(=O)C(O)CC/C=C\C/C=C\C/C=C\C/C=C\CCCCC)C(O)/C=C/CCCCCCCCCCCC)OC(CO)C(O)C1O. The maximum absolute atomic E-state index is 13.4. The molecule has 0 saturated carbocycles. The van der Waals surface area contributed by atoms with Crippen LogP contribution in [0.15, 0.2) is 134 Å². The monoisotopic (exact) mass is 1120 g/mol. The summed E-state index contributed by atoms with van der Waals surface area (Å²) in [7, 11) is 0. The Morgan fingerprint density at radius 2 is 0.900 bits per heavy atom. The normalized spacial score (nSPS) is 19.7. The van der Waals surface area contributed by atoms with E-state index in [-0.39, 0.29) is 19.4 Å². The van der Waals surface area contributed by atoms with Crippen molar-refractivity contribution in [3.8, 4) is 0 Å².